The molecule has 0 radical (unpaired) electrons. The van der Waals surface area contributed by atoms with Gasteiger partial charge in [-0.1, -0.05) is 26.0 Å². The zero-order valence-electron chi connectivity index (χ0n) is 10.7. The van der Waals surface area contributed by atoms with Crippen LogP contribution in [0.1, 0.15) is 45.1 Å². The molecule has 0 unspecified atom stereocenters. The average Bonchev–Trinajstić information content (AvgIpc) is 2.29. The van der Waals surface area contributed by atoms with Crippen molar-refractivity contribution in [3.8, 4) is 0 Å². The third kappa shape index (κ3) is 2.68. The van der Waals surface area contributed by atoms with Gasteiger partial charge in [0.05, 0.1) is 0 Å². The molecule has 1 aromatic rings. The second-order valence-electron chi connectivity index (χ2n) is 5.75. The van der Waals surface area contributed by atoms with E-state index in [1.54, 1.807) is 12.1 Å². The van der Waals surface area contributed by atoms with E-state index < -0.39 is 0 Å². The van der Waals surface area contributed by atoms with Crippen molar-refractivity contribution in [1.82, 2.24) is 0 Å². The van der Waals surface area contributed by atoms with Crippen LogP contribution >= 0.6 is 0 Å². The van der Waals surface area contributed by atoms with E-state index in [-0.39, 0.29) is 11.4 Å². The average molecular weight is 235 g/mol. The van der Waals surface area contributed by atoms with E-state index in [1.165, 1.54) is 6.07 Å². The van der Waals surface area contributed by atoms with E-state index in [0.29, 0.717) is 0 Å². The summed E-state index contributed by atoms with van der Waals surface area (Å²) in [6.07, 6.45) is 4.26. The Morgan fingerprint density at radius 1 is 1.29 bits per heavy atom. The second kappa shape index (κ2) is 4.77. The van der Waals surface area contributed by atoms with Crippen LogP contribution in [0.4, 0.5) is 4.39 Å². The third-order valence-corrected chi connectivity index (χ3v) is 4.26. The molecule has 2 heteroatoms. The number of nitrogens with two attached hydrogens (primary N) is 1. The van der Waals surface area contributed by atoms with Crippen LogP contribution in [0.25, 0.3) is 0 Å². The molecule has 1 aliphatic rings. The number of hydrogen-bond acceptors (Lipinski definition) is 1. The molecule has 94 valence electrons. The predicted octanol–water partition coefficient (Wildman–Crippen LogP) is 3.83. The monoisotopic (exact) mass is 235 g/mol. The Morgan fingerprint density at radius 2 is 1.94 bits per heavy atom. The van der Waals surface area contributed by atoms with E-state index in [1.807, 2.05) is 6.07 Å². The van der Waals surface area contributed by atoms with E-state index in [2.05, 4.69) is 13.8 Å². The first kappa shape index (κ1) is 12.6. The Bertz CT molecular complexity index is 378. The fourth-order valence-electron chi connectivity index (χ4n) is 2.91. The van der Waals surface area contributed by atoms with Gasteiger partial charge in [-0.05, 0) is 55.2 Å². The summed E-state index contributed by atoms with van der Waals surface area (Å²) in [6.45, 7) is 4.55. The maximum atomic E-state index is 13.2. The minimum Gasteiger partial charge on any atom is -0.321 e. The highest BCUT2D eigenvalue weighted by Gasteiger charge is 2.34. The fourth-order valence-corrected chi connectivity index (χ4v) is 2.91. The predicted molar refractivity (Wildman–Crippen MR) is 69.1 cm³/mol. The second-order valence-corrected chi connectivity index (χ2v) is 5.75. The van der Waals surface area contributed by atoms with E-state index in [4.69, 9.17) is 5.73 Å². The van der Waals surface area contributed by atoms with Gasteiger partial charge in [0.2, 0.25) is 0 Å². The van der Waals surface area contributed by atoms with Crippen LogP contribution in [0.5, 0.6) is 0 Å². The SMILES string of the molecule is CC(C)C1CCC(N)(c2cccc(F)c2)CC1. The highest BCUT2D eigenvalue weighted by Crippen LogP contribution is 2.40. The van der Waals surface area contributed by atoms with Crippen molar-refractivity contribution in [2.75, 3.05) is 0 Å². The van der Waals surface area contributed by atoms with Crippen LogP contribution in [0.3, 0.4) is 0 Å². The molecule has 2 rings (SSSR count). The van der Waals surface area contributed by atoms with E-state index >= 15 is 0 Å². The molecule has 0 aliphatic heterocycles. The molecule has 1 saturated carbocycles. The van der Waals surface area contributed by atoms with Gasteiger partial charge in [-0.15, -0.1) is 0 Å². The summed E-state index contributed by atoms with van der Waals surface area (Å²) in [7, 11) is 0. The molecule has 0 bridgehead atoms. The first-order valence-electron chi connectivity index (χ1n) is 6.56. The molecule has 1 nitrogen and oxygen atoms in total. The standard InChI is InChI=1S/C15H22FN/c1-11(2)12-6-8-15(17,9-7-12)13-4-3-5-14(16)10-13/h3-5,10-12H,6-9,17H2,1-2H3. The Kier molecular flexibility index (Phi) is 3.53. The molecule has 0 amide bonds. The van der Waals surface area contributed by atoms with Gasteiger partial charge in [-0.25, -0.2) is 4.39 Å². The molecule has 2 N–H and O–H groups in total. The Labute approximate surface area is 103 Å². The van der Waals surface area contributed by atoms with E-state index in [9.17, 15) is 4.39 Å². The van der Waals surface area contributed by atoms with Crippen molar-refractivity contribution in [3.05, 3.63) is 35.6 Å². The van der Waals surface area contributed by atoms with Gasteiger partial charge in [-0.3, -0.25) is 0 Å². The lowest BCUT2D eigenvalue weighted by Crippen LogP contribution is -2.41. The molecular weight excluding hydrogens is 213 g/mol. The zero-order valence-corrected chi connectivity index (χ0v) is 10.7. The number of halogens is 1. The van der Waals surface area contributed by atoms with Gasteiger partial charge >= 0.3 is 0 Å². The Hall–Kier alpha value is -0.890. The first-order valence-corrected chi connectivity index (χ1v) is 6.56. The molecule has 0 aromatic heterocycles. The third-order valence-electron chi connectivity index (χ3n) is 4.26. The summed E-state index contributed by atoms with van der Waals surface area (Å²) in [4.78, 5) is 0. The molecule has 0 atom stereocenters. The molecular formula is C15H22FN. The first-order chi connectivity index (χ1) is 8.01. The summed E-state index contributed by atoms with van der Waals surface area (Å²) in [5.74, 6) is 1.32. The van der Waals surface area contributed by atoms with Crippen molar-refractivity contribution < 1.29 is 4.39 Å². The summed E-state index contributed by atoms with van der Waals surface area (Å²) in [6, 6.07) is 6.79. The van der Waals surface area contributed by atoms with Crippen LogP contribution in [-0.2, 0) is 5.54 Å². The van der Waals surface area contributed by atoms with Crippen molar-refractivity contribution in [2.24, 2.45) is 17.6 Å². The van der Waals surface area contributed by atoms with Crippen LogP contribution in [0.2, 0.25) is 0 Å². The van der Waals surface area contributed by atoms with Gasteiger partial charge in [-0.2, -0.15) is 0 Å². The Morgan fingerprint density at radius 3 is 2.47 bits per heavy atom. The van der Waals surface area contributed by atoms with Crippen LogP contribution in [0, 0.1) is 17.7 Å². The molecule has 1 aliphatic carbocycles. The molecule has 0 heterocycles. The molecule has 0 spiro atoms. The molecule has 17 heavy (non-hydrogen) atoms. The largest absolute Gasteiger partial charge is 0.321 e. The van der Waals surface area contributed by atoms with Crippen LogP contribution in [-0.4, -0.2) is 0 Å². The van der Waals surface area contributed by atoms with Crippen molar-refractivity contribution in [1.29, 1.82) is 0 Å². The fraction of sp³-hybridized carbons (Fsp3) is 0.600. The van der Waals surface area contributed by atoms with Crippen molar-refractivity contribution >= 4 is 0 Å². The minimum absolute atomic E-state index is 0.182. The zero-order chi connectivity index (χ0) is 12.5. The lowest BCUT2D eigenvalue weighted by molar-refractivity contribution is 0.196. The lowest BCUT2D eigenvalue weighted by atomic mass is 9.70. The highest BCUT2D eigenvalue weighted by molar-refractivity contribution is 5.25. The van der Waals surface area contributed by atoms with Gasteiger partial charge in [0.1, 0.15) is 5.82 Å². The summed E-state index contributed by atoms with van der Waals surface area (Å²) >= 11 is 0. The number of rotatable bonds is 2. The van der Waals surface area contributed by atoms with Crippen LogP contribution < -0.4 is 5.73 Å². The van der Waals surface area contributed by atoms with Gasteiger partial charge in [0.15, 0.2) is 0 Å². The number of benzene rings is 1. The molecule has 1 fully saturated rings. The topological polar surface area (TPSA) is 26.0 Å². The smallest absolute Gasteiger partial charge is 0.123 e. The normalized spacial score (nSPS) is 29.6. The molecule has 0 saturated heterocycles. The minimum atomic E-state index is -0.312. The van der Waals surface area contributed by atoms with E-state index in [0.717, 1.165) is 43.1 Å². The maximum absolute atomic E-state index is 13.2. The van der Waals surface area contributed by atoms with Gasteiger partial charge < -0.3 is 5.73 Å². The quantitative estimate of drug-likeness (QED) is 0.828. The number of hydrogen-bond donors (Lipinski definition) is 1. The van der Waals surface area contributed by atoms with Crippen LogP contribution in [0.15, 0.2) is 24.3 Å². The van der Waals surface area contributed by atoms with Crippen molar-refractivity contribution in [2.45, 2.75) is 45.1 Å². The summed E-state index contributed by atoms with van der Waals surface area (Å²) in [5.41, 5.74) is 7.09. The molecule has 1 aromatic carbocycles. The summed E-state index contributed by atoms with van der Waals surface area (Å²) in [5, 5.41) is 0. The highest BCUT2D eigenvalue weighted by atomic mass is 19.1. The Balaban J connectivity index is 2.12. The summed E-state index contributed by atoms with van der Waals surface area (Å²) < 4.78 is 13.2. The van der Waals surface area contributed by atoms with Gasteiger partial charge in [0.25, 0.3) is 0 Å². The maximum Gasteiger partial charge on any atom is 0.123 e. The van der Waals surface area contributed by atoms with Crippen molar-refractivity contribution in [3.63, 3.8) is 0 Å². The lowest BCUT2D eigenvalue weighted by Gasteiger charge is -2.39. The van der Waals surface area contributed by atoms with Gasteiger partial charge in [0, 0.05) is 5.54 Å².